The Morgan fingerprint density at radius 2 is 1.72 bits per heavy atom. The molecule has 1 aromatic heterocycles. The Labute approximate surface area is 180 Å². The second-order valence-corrected chi connectivity index (χ2v) is 8.85. The number of pyridine rings is 1. The fraction of sp³-hybridized carbons (Fsp3) is 0.435. The number of aromatic nitrogens is 1. The normalized spacial score (nSPS) is 17.6. The molecule has 5 nitrogen and oxygen atoms in total. The van der Waals surface area contributed by atoms with E-state index in [1.165, 1.54) is 0 Å². The zero-order valence-corrected chi connectivity index (χ0v) is 18.3. The zero-order valence-electron chi connectivity index (χ0n) is 16.7. The summed E-state index contributed by atoms with van der Waals surface area (Å²) in [5.74, 6) is 0.365. The van der Waals surface area contributed by atoms with Crippen molar-refractivity contribution in [3.8, 4) is 11.3 Å². The van der Waals surface area contributed by atoms with Gasteiger partial charge in [0.05, 0.1) is 17.0 Å². The predicted molar refractivity (Wildman–Crippen MR) is 117 cm³/mol. The Morgan fingerprint density at radius 3 is 2.38 bits per heavy atom. The van der Waals surface area contributed by atoms with Crippen molar-refractivity contribution in [2.24, 2.45) is 5.92 Å². The number of carbonyl (C=O) groups is 2. The number of nitrogens with zero attached hydrogens (tertiary/aromatic N) is 3. The van der Waals surface area contributed by atoms with Gasteiger partial charge in [-0.2, -0.15) is 0 Å². The first-order chi connectivity index (χ1) is 14.0. The van der Waals surface area contributed by atoms with Crippen LogP contribution in [0.2, 0.25) is 0 Å². The Bertz CT molecular complexity index is 916. The van der Waals surface area contributed by atoms with E-state index in [0.29, 0.717) is 18.7 Å². The molecule has 6 heteroatoms. The molecule has 2 aromatic rings. The predicted octanol–water partition coefficient (Wildman–Crippen LogP) is 4.29. The van der Waals surface area contributed by atoms with Crippen molar-refractivity contribution in [1.82, 2.24) is 14.8 Å². The number of carbonyl (C=O) groups excluding carboxylic acids is 2. The van der Waals surface area contributed by atoms with Crippen LogP contribution in [0.3, 0.4) is 0 Å². The molecule has 152 valence electrons. The average molecular weight is 456 g/mol. The fourth-order valence-electron chi connectivity index (χ4n) is 4.29. The van der Waals surface area contributed by atoms with Crippen LogP contribution in [0.1, 0.15) is 41.7 Å². The van der Waals surface area contributed by atoms with E-state index in [9.17, 15) is 9.59 Å². The summed E-state index contributed by atoms with van der Waals surface area (Å²) in [5, 5.41) is 0. The lowest BCUT2D eigenvalue weighted by Crippen LogP contribution is -2.44. The smallest absolute Gasteiger partial charge is 0.255 e. The molecule has 0 unspecified atom stereocenters. The molecular weight excluding hydrogens is 430 g/mol. The highest BCUT2D eigenvalue weighted by Gasteiger charge is 2.31. The number of hydrogen-bond donors (Lipinski definition) is 0. The molecule has 0 radical (unpaired) electrons. The molecule has 29 heavy (non-hydrogen) atoms. The van der Waals surface area contributed by atoms with Crippen molar-refractivity contribution in [3.63, 3.8) is 0 Å². The van der Waals surface area contributed by atoms with Crippen LogP contribution in [-0.4, -0.2) is 52.8 Å². The fourth-order valence-corrected chi connectivity index (χ4v) is 4.69. The summed E-state index contributed by atoms with van der Waals surface area (Å²) in [6, 6.07) is 11.8. The lowest BCUT2D eigenvalue weighted by molar-refractivity contribution is -0.135. The van der Waals surface area contributed by atoms with Gasteiger partial charge in [0.15, 0.2) is 0 Å². The Balaban J connectivity index is 1.41. The summed E-state index contributed by atoms with van der Waals surface area (Å²) >= 11 is 3.49. The number of halogens is 1. The molecule has 2 saturated heterocycles. The third-order valence-electron chi connectivity index (χ3n) is 5.99. The first-order valence-electron chi connectivity index (χ1n) is 10.3. The standard InChI is InChI=1S/C23H26BrN3O2/c1-16-20(7-8-21(25-16)18-5-4-6-19(24)15-18)23(29)27-13-9-17(10-14-27)22(28)26-11-2-3-12-26/h4-8,15,17H,2-3,9-14H2,1H3. The molecule has 1 aromatic carbocycles. The highest BCUT2D eigenvalue weighted by atomic mass is 79.9. The van der Waals surface area contributed by atoms with Crippen LogP contribution in [-0.2, 0) is 4.79 Å². The van der Waals surface area contributed by atoms with E-state index in [2.05, 4.69) is 20.9 Å². The van der Waals surface area contributed by atoms with E-state index in [4.69, 9.17) is 0 Å². The van der Waals surface area contributed by atoms with Crippen LogP contribution >= 0.6 is 15.9 Å². The zero-order chi connectivity index (χ0) is 20.4. The molecule has 2 aliphatic heterocycles. The van der Waals surface area contributed by atoms with E-state index in [0.717, 1.165) is 60.2 Å². The first-order valence-corrected chi connectivity index (χ1v) is 11.1. The maximum atomic E-state index is 13.0. The molecule has 2 aliphatic rings. The van der Waals surface area contributed by atoms with E-state index in [1.54, 1.807) is 0 Å². The molecule has 0 aliphatic carbocycles. The van der Waals surface area contributed by atoms with Gasteiger partial charge in [-0.25, -0.2) is 0 Å². The largest absolute Gasteiger partial charge is 0.342 e. The number of piperidine rings is 1. The van der Waals surface area contributed by atoms with Crippen LogP contribution < -0.4 is 0 Å². The minimum atomic E-state index is 0.0165. The van der Waals surface area contributed by atoms with Crippen molar-refractivity contribution in [2.45, 2.75) is 32.6 Å². The monoisotopic (exact) mass is 455 g/mol. The van der Waals surface area contributed by atoms with Crippen molar-refractivity contribution < 1.29 is 9.59 Å². The third kappa shape index (κ3) is 4.37. The summed E-state index contributed by atoms with van der Waals surface area (Å²) in [7, 11) is 0. The highest BCUT2D eigenvalue weighted by molar-refractivity contribution is 9.10. The highest BCUT2D eigenvalue weighted by Crippen LogP contribution is 2.26. The Kier molecular flexibility index (Phi) is 5.99. The molecule has 3 heterocycles. The maximum Gasteiger partial charge on any atom is 0.255 e. The van der Waals surface area contributed by atoms with Crippen molar-refractivity contribution in [3.05, 3.63) is 52.1 Å². The van der Waals surface area contributed by atoms with Crippen molar-refractivity contribution in [1.29, 1.82) is 0 Å². The summed E-state index contributed by atoms with van der Waals surface area (Å²) in [4.78, 5) is 34.2. The number of amides is 2. The summed E-state index contributed by atoms with van der Waals surface area (Å²) in [6.45, 7) is 4.95. The van der Waals surface area contributed by atoms with Gasteiger partial charge < -0.3 is 9.80 Å². The summed E-state index contributed by atoms with van der Waals surface area (Å²) < 4.78 is 1.00. The second-order valence-electron chi connectivity index (χ2n) is 7.94. The van der Waals surface area contributed by atoms with Crippen LogP contribution in [0.5, 0.6) is 0 Å². The van der Waals surface area contributed by atoms with Crippen LogP contribution in [0.4, 0.5) is 0 Å². The Morgan fingerprint density at radius 1 is 1.00 bits per heavy atom. The SMILES string of the molecule is Cc1nc(-c2cccc(Br)c2)ccc1C(=O)N1CCC(C(=O)N2CCCC2)CC1. The molecule has 4 rings (SSSR count). The van der Waals surface area contributed by atoms with Crippen molar-refractivity contribution >= 4 is 27.7 Å². The number of benzene rings is 1. The molecule has 0 atom stereocenters. The van der Waals surface area contributed by atoms with E-state index in [1.807, 2.05) is 53.1 Å². The van der Waals surface area contributed by atoms with E-state index in [-0.39, 0.29) is 17.7 Å². The molecule has 0 saturated carbocycles. The molecule has 2 fully saturated rings. The molecular formula is C23H26BrN3O2. The third-order valence-corrected chi connectivity index (χ3v) is 6.48. The second kappa shape index (κ2) is 8.66. The van der Waals surface area contributed by atoms with E-state index < -0.39 is 0 Å². The van der Waals surface area contributed by atoms with E-state index >= 15 is 0 Å². The lowest BCUT2D eigenvalue weighted by atomic mass is 9.94. The maximum absolute atomic E-state index is 13.0. The van der Waals surface area contributed by atoms with Crippen molar-refractivity contribution in [2.75, 3.05) is 26.2 Å². The molecule has 2 amide bonds. The van der Waals surface area contributed by atoms with Gasteiger partial charge in [-0.05, 0) is 56.9 Å². The van der Waals surface area contributed by atoms with Crippen LogP contribution in [0, 0.1) is 12.8 Å². The van der Waals surface area contributed by atoms with Gasteiger partial charge in [0.25, 0.3) is 5.91 Å². The number of aryl methyl sites for hydroxylation is 1. The molecule has 0 N–H and O–H groups in total. The van der Waals surface area contributed by atoms with Gasteiger partial charge in [0.2, 0.25) is 5.91 Å². The minimum Gasteiger partial charge on any atom is -0.342 e. The van der Waals surface area contributed by atoms with Gasteiger partial charge >= 0.3 is 0 Å². The minimum absolute atomic E-state index is 0.0165. The summed E-state index contributed by atoms with van der Waals surface area (Å²) in [5.41, 5.74) is 3.26. The average Bonchev–Trinajstić information content (AvgIpc) is 3.28. The lowest BCUT2D eigenvalue weighted by Gasteiger charge is -2.33. The van der Waals surface area contributed by atoms with Gasteiger partial charge in [-0.1, -0.05) is 28.1 Å². The van der Waals surface area contributed by atoms with Gasteiger partial charge in [-0.3, -0.25) is 14.6 Å². The molecule has 0 spiro atoms. The first kappa shape index (κ1) is 20.1. The molecule has 0 bridgehead atoms. The number of hydrogen-bond acceptors (Lipinski definition) is 3. The van der Waals surface area contributed by atoms with Gasteiger partial charge in [0.1, 0.15) is 0 Å². The topological polar surface area (TPSA) is 53.5 Å². The van der Waals surface area contributed by atoms with Gasteiger partial charge in [0, 0.05) is 42.1 Å². The van der Waals surface area contributed by atoms with Gasteiger partial charge in [-0.15, -0.1) is 0 Å². The number of likely N-dealkylation sites (tertiary alicyclic amines) is 2. The number of rotatable bonds is 3. The Hall–Kier alpha value is -2.21. The quantitative estimate of drug-likeness (QED) is 0.693. The van der Waals surface area contributed by atoms with Crippen LogP contribution in [0.25, 0.3) is 11.3 Å². The summed E-state index contributed by atoms with van der Waals surface area (Å²) in [6.07, 6.45) is 3.74. The van der Waals surface area contributed by atoms with Crippen LogP contribution in [0.15, 0.2) is 40.9 Å².